The van der Waals surface area contributed by atoms with Crippen LogP contribution in [0.2, 0.25) is 0 Å². The quantitative estimate of drug-likeness (QED) is 0.627. The molecule has 2 heterocycles. The molecule has 0 aromatic rings. The number of carbonyl (C=O) groups excluding carboxylic acids is 1. The first-order valence-electron chi connectivity index (χ1n) is 5.68. The minimum Gasteiger partial charge on any atom is -0.342 e. The lowest BCUT2D eigenvalue weighted by Gasteiger charge is -2.45. The maximum Gasteiger partial charge on any atom is 0.219 e. The van der Waals surface area contributed by atoms with E-state index >= 15 is 0 Å². The highest BCUT2D eigenvalue weighted by Gasteiger charge is 2.37. The lowest BCUT2D eigenvalue weighted by Crippen LogP contribution is -2.52. The normalized spacial score (nSPS) is 33.4. The first-order valence-corrected chi connectivity index (χ1v) is 5.68. The third-order valence-electron chi connectivity index (χ3n) is 3.67. The number of piperidine rings is 2. The average Bonchev–Trinajstić information content (AvgIpc) is 2.19. The highest BCUT2D eigenvalue weighted by atomic mass is 16.2. The summed E-state index contributed by atoms with van der Waals surface area (Å²) < 4.78 is 0. The fourth-order valence-electron chi connectivity index (χ4n) is 2.86. The van der Waals surface area contributed by atoms with Crippen LogP contribution in [0, 0.1) is 5.41 Å². The van der Waals surface area contributed by atoms with Crippen LogP contribution in [0.1, 0.15) is 32.6 Å². The molecule has 1 spiro atoms. The first-order chi connectivity index (χ1) is 6.72. The third-order valence-corrected chi connectivity index (χ3v) is 3.67. The van der Waals surface area contributed by atoms with Gasteiger partial charge < -0.3 is 10.2 Å². The summed E-state index contributed by atoms with van der Waals surface area (Å²) in [4.78, 5) is 13.4. The fraction of sp³-hybridized carbons (Fsp3) is 0.909. The van der Waals surface area contributed by atoms with E-state index in [0.717, 1.165) is 26.2 Å². The van der Waals surface area contributed by atoms with Crippen molar-refractivity contribution in [2.45, 2.75) is 32.6 Å². The summed E-state index contributed by atoms with van der Waals surface area (Å²) in [6, 6.07) is 0. The highest BCUT2D eigenvalue weighted by molar-refractivity contribution is 5.73. The van der Waals surface area contributed by atoms with Crippen molar-refractivity contribution in [1.29, 1.82) is 0 Å². The number of likely N-dealkylation sites (tertiary alicyclic amines) is 1. The van der Waals surface area contributed by atoms with Crippen molar-refractivity contribution in [2.24, 2.45) is 5.41 Å². The maximum absolute atomic E-state index is 11.3. The van der Waals surface area contributed by atoms with Gasteiger partial charge >= 0.3 is 0 Å². The molecule has 1 atom stereocenters. The van der Waals surface area contributed by atoms with Crippen LogP contribution in [-0.4, -0.2) is 37.0 Å². The smallest absolute Gasteiger partial charge is 0.219 e. The number of rotatable bonds is 0. The van der Waals surface area contributed by atoms with Crippen LogP contribution in [0.4, 0.5) is 0 Å². The number of hydrogen-bond acceptors (Lipinski definition) is 2. The van der Waals surface area contributed by atoms with E-state index in [0.29, 0.717) is 5.41 Å². The molecule has 3 nitrogen and oxygen atoms in total. The average molecular weight is 196 g/mol. The lowest BCUT2D eigenvalue weighted by atomic mass is 9.74. The second-order valence-corrected chi connectivity index (χ2v) is 4.82. The summed E-state index contributed by atoms with van der Waals surface area (Å²) in [5.74, 6) is 0.245. The molecule has 80 valence electrons. The van der Waals surface area contributed by atoms with Gasteiger partial charge in [-0.25, -0.2) is 0 Å². The van der Waals surface area contributed by atoms with E-state index in [9.17, 15) is 4.79 Å². The lowest BCUT2D eigenvalue weighted by molar-refractivity contribution is -0.132. The van der Waals surface area contributed by atoms with Gasteiger partial charge in [0.25, 0.3) is 0 Å². The molecule has 2 rings (SSSR count). The monoisotopic (exact) mass is 196 g/mol. The molecule has 0 radical (unpaired) electrons. The standard InChI is InChI=1S/C11H20N2O/c1-10(14)13-7-3-5-11(9-13)4-2-6-12-8-11/h12H,2-9H2,1H3/t11-/m1/s1. The molecule has 0 saturated carbocycles. The van der Waals surface area contributed by atoms with Crippen LogP contribution in [0.15, 0.2) is 0 Å². The zero-order valence-corrected chi connectivity index (χ0v) is 9.01. The molecule has 14 heavy (non-hydrogen) atoms. The zero-order chi connectivity index (χ0) is 10.0. The minimum absolute atomic E-state index is 0.245. The van der Waals surface area contributed by atoms with Crippen molar-refractivity contribution >= 4 is 5.91 Å². The Balaban J connectivity index is 2.01. The Hall–Kier alpha value is -0.570. The second kappa shape index (κ2) is 3.89. The van der Waals surface area contributed by atoms with Gasteiger partial charge in [-0.2, -0.15) is 0 Å². The molecule has 0 aromatic heterocycles. The summed E-state index contributed by atoms with van der Waals surface area (Å²) in [7, 11) is 0. The summed E-state index contributed by atoms with van der Waals surface area (Å²) in [6.07, 6.45) is 5.04. The van der Waals surface area contributed by atoms with Gasteiger partial charge in [0.1, 0.15) is 0 Å². The molecular formula is C11H20N2O. The van der Waals surface area contributed by atoms with Crippen LogP contribution >= 0.6 is 0 Å². The van der Waals surface area contributed by atoms with Gasteiger partial charge in [0.05, 0.1) is 0 Å². The van der Waals surface area contributed by atoms with Crippen LogP contribution in [0.5, 0.6) is 0 Å². The topological polar surface area (TPSA) is 32.3 Å². The zero-order valence-electron chi connectivity index (χ0n) is 9.01. The molecule has 0 bridgehead atoms. The molecule has 3 heteroatoms. The molecule has 1 N–H and O–H groups in total. The highest BCUT2D eigenvalue weighted by Crippen LogP contribution is 2.35. The van der Waals surface area contributed by atoms with Crippen LogP contribution in [0.3, 0.4) is 0 Å². The van der Waals surface area contributed by atoms with Gasteiger partial charge in [0, 0.05) is 32.0 Å². The molecule has 0 unspecified atom stereocenters. The van der Waals surface area contributed by atoms with E-state index in [-0.39, 0.29) is 5.91 Å². The van der Waals surface area contributed by atoms with E-state index in [1.807, 2.05) is 4.90 Å². The van der Waals surface area contributed by atoms with Crippen molar-refractivity contribution in [3.8, 4) is 0 Å². The Morgan fingerprint density at radius 1 is 1.36 bits per heavy atom. The van der Waals surface area contributed by atoms with Gasteiger partial charge in [-0.15, -0.1) is 0 Å². The van der Waals surface area contributed by atoms with E-state index in [1.54, 1.807) is 6.92 Å². The van der Waals surface area contributed by atoms with Crippen LogP contribution < -0.4 is 5.32 Å². The molecule has 2 fully saturated rings. The van der Waals surface area contributed by atoms with Gasteiger partial charge in [-0.3, -0.25) is 4.79 Å². The Morgan fingerprint density at radius 2 is 2.14 bits per heavy atom. The maximum atomic E-state index is 11.3. The molecule has 2 saturated heterocycles. The largest absolute Gasteiger partial charge is 0.342 e. The predicted octanol–water partition coefficient (Wildman–Crippen LogP) is 0.998. The van der Waals surface area contributed by atoms with Crippen LogP contribution in [0.25, 0.3) is 0 Å². The molecular weight excluding hydrogens is 176 g/mol. The van der Waals surface area contributed by atoms with E-state index < -0.39 is 0 Å². The van der Waals surface area contributed by atoms with Crippen molar-refractivity contribution in [3.05, 3.63) is 0 Å². The Kier molecular flexibility index (Phi) is 2.77. The van der Waals surface area contributed by atoms with Gasteiger partial charge in [0.15, 0.2) is 0 Å². The summed E-state index contributed by atoms with van der Waals surface area (Å²) in [6.45, 7) is 5.90. The SMILES string of the molecule is CC(=O)N1CCC[C@@]2(CCCNC2)C1. The number of nitrogens with zero attached hydrogens (tertiary/aromatic N) is 1. The van der Waals surface area contributed by atoms with Crippen molar-refractivity contribution < 1.29 is 4.79 Å². The van der Waals surface area contributed by atoms with Crippen molar-refractivity contribution in [1.82, 2.24) is 10.2 Å². The second-order valence-electron chi connectivity index (χ2n) is 4.82. The Morgan fingerprint density at radius 3 is 2.79 bits per heavy atom. The van der Waals surface area contributed by atoms with Gasteiger partial charge in [0.2, 0.25) is 5.91 Å². The summed E-state index contributed by atoms with van der Waals surface area (Å²) >= 11 is 0. The van der Waals surface area contributed by atoms with E-state index in [1.165, 1.54) is 25.7 Å². The number of nitrogens with one attached hydrogen (secondary N) is 1. The Bertz CT molecular complexity index is 216. The van der Waals surface area contributed by atoms with Crippen molar-refractivity contribution in [3.63, 3.8) is 0 Å². The summed E-state index contributed by atoms with van der Waals surface area (Å²) in [5.41, 5.74) is 0.405. The number of hydrogen-bond donors (Lipinski definition) is 1. The van der Waals surface area contributed by atoms with Crippen LogP contribution in [-0.2, 0) is 4.79 Å². The fourth-order valence-corrected chi connectivity index (χ4v) is 2.86. The first kappa shape index (κ1) is 9.97. The number of amides is 1. The van der Waals surface area contributed by atoms with E-state index in [2.05, 4.69) is 5.32 Å². The molecule has 2 aliphatic rings. The third kappa shape index (κ3) is 1.92. The molecule has 2 aliphatic heterocycles. The summed E-state index contributed by atoms with van der Waals surface area (Å²) in [5, 5.41) is 3.47. The van der Waals surface area contributed by atoms with E-state index in [4.69, 9.17) is 0 Å². The number of carbonyl (C=O) groups is 1. The molecule has 0 aliphatic carbocycles. The minimum atomic E-state index is 0.245. The van der Waals surface area contributed by atoms with Gasteiger partial charge in [-0.05, 0) is 32.2 Å². The van der Waals surface area contributed by atoms with Crippen molar-refractivity contribution in [2.75, 3.05) is 26.2 Å². The Labute approximate surface area is 85.8 Å². The van der Waals surface area contributed by atoms with Gasteiger partial charge in [-0.1, -0.05) is 0 Å². The molecule has 0 aromatic carbocycles. The predicted molar refractivity (Wildman–Crippen MR) is 56.0 cm³/mol. The molecule has 1 amide bonds.